The van der Waals surface area contributed by atoms with Crippen molar-refractivity contribution < 1.29 is 0 Å². The van der Waals surface area contributed by atoms with E-state index in [0.717, 1.165) is 17.0 Å². The van der Waals surface area contributed by atoms with Gasteiger partial charge in [-0.2, -0.15) is 5.10 Å². The summed E-state index contributed by atoms with van der Waals surface area (Å²) in [4.78, 5) is 12.2. The Balaban J connectivity index is 2.37. The van der Waals surface area contributed by atoms with Crippen LogP contribution in [0.25, 0.3) is 11.3 Å². The van der Waals surface area contributed by atoms with Crippen LogP contribution in [-0.2, 0) is 0 Å². The first-order chi connectivity index (χ1) is 8.20. The third kappa shape index (κ3) is 2.77. The number of aromatic nitrogens is 2. The second-order valence-electron chi connectivity index (χ2n) is 3.72. The minimum atomic E-state index is -0.177. The van der Waals surface area contributed by atoms with E-state index in [1.807, 2.05) is 17.8 Å². The van der Waals surface area contributed by atoms with Crippen LogP contribution in [0.4, 0.5) is 0 Å². The minimum absolute atomic E-state index is 0.177. The molecule has 0 fully saturated rings. The largest absolute Gasteiger partial charge is 0.268 e. The van der Waals surface area contributed by atoms with Gasteiger partial charge in [-0.1, -0.05) is 13.0 Å². The van der Waals surface area contributed by atoms with Gasteiger partial charge < -0.3 is 0 Å². The van der Waals surface area contributed by atoms with Crippen molar-refractivity contribution in [3.8, 4) is 11.3 Å². The van der Waals surface area contributed by atoms with Crippen molar-refractivity contribution in [3.63, 3.8) is 0 Å². The van der Waals surface area contributed by atoms with Crippen molar-refractivity contribution in [1.82, 2.24) is 10.2 Å². The Labute approximate surface area is 104 Å². The molecule has 1 N–H and O–H groups in total. The smallest absolute Gasteiger partial charge is 0.264 e. The number of thioether (sulfide) groups is 1. The molecule has 4 heteroatoms. The highest BCUT2D eigenvalue weighted by Crippen LogP contribution is 2.26. The molecule has 1 aromatic heterocycles. The molecule has 0 aliphatic carbocycles. The predicted molar refractivity (Wildman–Crippen MR) is 71.4 cm³/mol. The molecule has 0 aliphatic rings. The van der Waals surface area contributed by atoms with Crippen molar-refractivity contribution in [3.05, 3.63) is 46.2 Å². The van der Waals surface area contributed by atoms with Gasteiger partial charge in [0.1, 0.15) is 0 Å². The average molecular weight is 246 g/mol. The van der Waals surface area contributed by atoms with Gasteiger partial charge in [0.15, 0.2) is 0 Å². The van der Waals surface area contributed by atoms with Gasteiger partial charge in [0.2, 0.25) is 0 Å². The Morgan fingerprint density at radius 3 is 2.71 bits per heavy atom. The first-order valence-corrected chi connectivity index (χ1v) is 6.49. The second kappa shape index (κ2) is 5.19. The maximum atomic E-state index is 10.9. The van der Waals surface area contributed by atoms with Crippen LogP contribution in [0.3, 0.4) is 0 Å². The number of H-pyrrole nitrogens is 1. The number of nitrogens with zero attached hydrogens (tertiary/aromatic N) is 1. The van der Waals surface area contributed by atoms with E-state index in [9.17, 15) is 4.79 Å². The number of rotatable bonds is 3. The van der Waals surface area contributed by atoms with Crippen molar-refractivity contribution >= 4 is 11.8 Å². The lowest BCUT2D eigenvalue weighted by atomic mass is 10.1. The second-order valence-corrected chi connectivity index (χ2v) is 5.03. The highest BCUT2D eigenvalue weighted by Gasteiger charge is 2.03. The highest BCUT2D eigenvalue weighted by molar-refractivity contribution is 7.99. The van der Waals surface area contributed by atoms with Crippen molar-refractivity contribution in [2.24, 2.45) is 0 Å². The van der Waals surface area contributed by atoms with Crippen LogP contribution in [0.1, 0.15) is 12.5 Å². The number of aromatic amines is 1. The van der Waals surface area contributed by atoms with Crippen LogP contribution in [0, 0.1) is 6.92 Å². The van der Waals surface area contributed by atoms with E-state index >= 15 is 0 Å². The normalized spacial score (nSPS) is 10.5. The lowest BCUT2D eigenvalue weighted by Gasteiger charge is -2.06. The molecule has 1 aromatic carbocycles. The molecule has 0 saturated heterocycles. The van der Waals surface area contributed by atoms with Gasteiger partial charge in [-0.15, -0.1) is 11.8 Å². The lowest BCUT2D eigenvalue weighted by Crippen LogP contribution is -2.05. The molecule has 88 valence electrons. The number of aryl methyl sites for hydroxylation is 1. The number of benzene rings is 1. The summed E-state index contributed by atoms with van der Waals surface area (Å²) in [5, 5.41) is 6.47. The Hall–Kier alpha value is -1.55. The molecule has 0 aliphatic heterocycles. The van der Waals surface area contributed by atoms with Crippen LogP contribution in [0.5, 0.6) is 0 Å². The first-order valence-electron chi connectivity index (χ1n) is 5.50. The number of hydrogen-bond acceptors (Lipinski definition) is 3. The lowest BCUT2D eigenvalue weighted by molar-refractivity contribution is 0.994. The minimum Gasteiger partial charge on any atom is -0.268 e. The van der Waals surface area contributed by atoms with Gasteiger partial charge in [-0.25, -0.2) is 5.10 Å². The van der Waals surface area contributed by atoms with Crippen LogP contribution in [0.2, 0.25) is 0 Å². The van der Waals surface area contributed by atoms with E-state index in [-0.39, 0.29) is 5.56 Å². The van der Waals surface area contributed by atoms with Gasteiger partial charge >= 0.3 is 0 Å². The molecule has 2 aromatic rings. The SMILES string of the molecule is CCSc1ccc(-c2ccc(=O)[nH]n2)cc1C. The Kier molecular flexibility index (Phi) is 3.64. The van der Waals surface area contributed by atoms with E-state index in [2.05, 4.69) is 36.2 Å². The van der Waals surface area contributed by atoms with Crippen molar-refractivity contribution in [1.29, 1.82) is 0 Å². The molecule has 0 amide bonds. The molecule has 0 saturated carbocycles. The van der Waals surface area contributed by atoms with Gasteiger partial charge in [0, 0.05) is 16.5 Å². The van der Waals surface area contributed by atoms with E-state index in [1.54, 1.807) is 6.07 Å². The monoisotopic (exact) mass is 246 g/mol. The van der Waals surface area contributed by atoms with E-state index in [4.69, 9.17) is 0 Å². The first kappa shape index (κ1) is 11.9. The molecular formula is C13H14N2OS. The molecule has 0 atom stereocenters. The fourth-order valence-corrected chi connectivity index (χ4v) is 2.39. The summed E-state index contributed by atoms with van der Waals surface area (Å²) < 4.78 is 0. The maximum Gasteiger partial charge on any atom is 0.264 e. The predicted octanol–water partition coefficient (Wildman–Crippen LogP) is 2.86. The molecule has 1 heterocycles. The quantitative estimate of drug-likeness (QED) is 0.847. The third-order valence-electron chi connectivity index (χ3n) is 2.45. The summed E-state index contributed by atoms with van der Waals surface area (Å²) in [6.07, 6.45) is 0. The molecule has 0 radical (unpaired) electrons. The molecule has 17 heavy (non-hydrogen) atoms. The van der Waals surface area contributed by atoms with Crippen molar-refractivity contribution in [2.45, 2.75) is 18.7 Å². The summed E-state index contributed by atoms with van der Waals surface area (Å²) >= 11 is 1.83. The summed E-state index contributed by atoms with van der Waals surface area (Å²) in [7, 11) is 0. The van der Waals surface area contributed by atoms with E-state index in [0.29, 0.717) is 0 Å². The van der Waals surface area contributed by atoms with E-state index in [1.165, 1.54) is 16.5 Å². The summed E-state index contributed by atoms with van der Waals surface area (Å²) in [5.74, 6) is 1.07. The van der Waals surface area contributed by atoms with Crippen LogP contribution < -0.4 is 5.56 Å². The highest BCUT2D eigenvalue weighted by atomic mass is 32.2. The van der Waals surface area contributed by atoms with Crippen LogP contribution >= 0.6 is 11.8 Å². The zero-order chi connectivity index (χ0) is 12.3. The average Bonchev–Trinajstić information content (AvgIpc) is 2.33. The molecule has 2 rings (SSSR count). The van der Waals surface area contributed by atoms with E-state index < -0.39 is 0 Å². The fraction of sp³-hybridized carbons (Fsp3) is 0.231. The Morgan fingerprint density at radius 2 is 2.12 bits per heavy atom. The summed E-state index contributed by atoms with van der Waals surface area (Å²) in [6, 6.07) is 9.46. The zero-order valence-corrected chi connectivity index (χ0v) is 10.7. The van der Waals surface area contributed by atoms with Gasteiger partial charge in [-0.3, -0.25) is 4.79 Å². The standard InChI is InChI=1S/C13H14N2OS/c1-3-17-12-6-4-10(8-9(12)2)11-5-7-13(16)15-14-11/h4-8H,3H2,1-2H3,(H,15,16). The van der Waals surface area contributed by atoms with Crippen LogP contribution in [-0.4, -0.2) is 16.0 Å². The van der Waals surface area contributed by atoms with Gasteiger partial charge in [-0.05, 0) is 36.4 Å². The molecule has 3 nitrogen and oxygen atoms in total. The van der Waals surface area contributed by atoms with Gasteiger partial charge in [0.25, 0.3) is 5.56 Å². The summed E-state index contributed by atoms with van der Waals surface area (Å²) in [5.41, 5.74) is 2.88. The maximum absolute atomic E-state index is 10.9. The zero-order valence-electron chi connectivity index (χ0n) is 9.86. The topological polar surface area (TPSA) is 45.8 Å². The molecular weight excluding hydrogens is 232 g/mol. The number of hydrogen-bond donors (Lipinski definition) is 1. The Bertz CT molecular complexity index is 557. The third-order valence-corrected chi connectivity index (χ3v) is 3.51. The molecule has 0 bridgehead atoms. The van der Waals surface area contributed by atoms with Crippen LogP contribution in [0.15, 0.2) is 40.0 Å². The van der Waals surface area contributed by atoms with Gasteiger partial charge in [0.05, 0.1) is 5.69 Å². The van der Waals surface area contributed by atoms with Crippen molar-refractivity contribution in [2.75, 3.05) is 5.75 Å². The number of nitrogens with one attached hydrogen (secondary N) is 1. The molecule has 0 unspecified atom stereocenters. The fourth-order valence-electron chi connectivity index (χ4n) is 1.63. The molecule has 0 spiro atoms. The summed E-state index contributed by atoms with van der Waals surface area (Å²) in [6.45, 7) is 4.23. The Morgan fingerprint density at radius 1 is 1.29 bits per heavy atom.